The van der Waals surface area contributed by atoms with Gasteiger partial charge in [-0.25, -0.2) is 0 Å². The molecule has 134 valence electrons. The van der Waals surface area contributed by atoms with Crippen LogP contribution in [0.3, 0.4) is 0 Å². The summed E-state index contributed by atoms with van der Waals surface area (Å²) in [6.45, 7) is 13.1. The van der Waals surface area contributed by atoms with Crippen LogP contribution >= 0.6 is 0 Å². The highest BCUT2D eigenvalue weighted by molar-refractivity contribution is 5.89. The number of fused-ring (bicyclic) bond motifs is 2. The van der Waals surface area contributed by atoms with Gasteiger partial charge in [0.25, 0.3) is 0 Å². The van der Waals surface area contributed by atoms with Crippen LogP contribution in [-0.2, 0) is 5.41 Å². The van der Waals surface area contributed by atoms with E-state index in [2.05, 4.69) is 57.7 Å². The van der Waals surface area contributed by atoms with Gasteiger partial charge in [0, 0.05) is 0 Å². The number of rotatable bonds is 1. The molecule has 2 aromatic carbocycles. The fourth-order valence-electron chi connectivity index (χ4n) is 3.71. The van der Waals surface area contributed by atoms with E-state index in [9.17, 15) is 0 Å². The lowest BCUT2D eigenvalue weighted by molar-refractivity contribution is 0.460. The number of anilines is 3. The SMILES string of the molecule is Cc1cc(C(C)(C)C)cc(C)c1N1c2ccccc2Oc2coc(C)c21. The summed E-state index contributed by atoms with van der Waals surface area (Å²) in [6, 6.07) is 12.7. The first kappa shape index (κ1) is 16.8. The van der Waals surface area contributed by atoms with Gasteiger partial charge >= 0.3 is 0 Å². The molecule has 2 heterocycles. The van der Waals surface area contributed by atoms with Crippen molar-refractivity contribution in [3.05, 3.63) is 65.1 Å². The van der Waals surface area contributed by atoms with Crippen LogP contribution in [0, 0.1) is 20.8 Å². The van der Waals surface area contributed by atoms with E-state index < -0.39 is 0 Å². The van der Waals surface area contributed by atoms with Gasteiger partial charge in [-0.15, -0.1) is 0 Å². The van der Waals surface area contributed by atoms with Gasteiger partial charge < -0.3 is 14.1 Å². The molecule has 0 fully saturated rings. The summed E-state index contributed by atoms with van der Waals surface area (Å²) in [6.07, 6.45) is 1.70. The molecule has 0 spiro atoms. The summed E-state index contributed by atoms with van der Waals surface area (Å²) in [5, 5.41) is 0. The number of hydrogen-bond donors (Lipinski definition) is 0. The van der Waals surface area contributed by atoms with Crippen LogP contribution in [0.5, 0.6) is 11.5 Å². The van der Waals surface area contributed by atoms with Gasteiger partial charge in [-0.2, -0.15) is 0 Å². The minimum absolute atomic E-state index is 0.119. The number of para-hydroxylation sites is 2. The van der Waals surface area contributed by atoms with Gasteiger partial charge in [0.15, 0.2) is 11.5 Å². The lowest BCUT2D eigenvalue weighted by atomic mass is 9.84. The molecular formula is C23H25NO2. The molecule has 3 heteroatoms. The quantitative estimate of drug-likeness (QED) is 0.368. The van der Waals surface area contributed by atoms with Crippen molar-refractivity contribution in [2.45, 2.75) is 47.0 Å². The first-order valence-electron chi connectivity index (χ1n) is 9.04. The van der Waals surface area contributed by atoms with Crippen molar-refractivity contribution >= 4 is 17.1 Å². The maximum Gasteiger partial charge on any atom is 0.189 e. The summed E-state index contributed by atoms with van der Waals surface area (Å²) in [5.74, 6) is 2.47. The van der Waals surface area contributed by atoms with Crippen LogP contribution in [0.25, 0.3) is 0 Å². The van der Waals surface area contributed by atoms with E-state index in [0.717, 1.165) is 28.6 Å². The van der Waals surface area contributed by atoms with Gasteiger partial charge in [0.1, 0.15) is 17.7 Å². The third kappa shape index (κ3) is 2.50. The zero-order chi connectivity index (χ0) is 18.6. The maximum atomic E-state index is 6.07. The Morgan fingerprint density at radius 3 is 2.15 bits per heavy atom. The van der Waals surface area contributed by atoms with E-state index in [4.69, 9.17) is 9.15 Å². The van der Waals surface area contributed by atoms with Crippen LogP contribution < -0.4 is 9.64 Å². The van der Waals surface area contributed by atoms with E-state index >= 15 is 0 Å². The highest BCUT2D eigenvalue weighted by Gasteiger charge is 2.31. The third-order valence-electron chi connectivity index (χ3n) is 5.04. The number of nitrogens with zero attached hydrogens (tertiary/aromatic N) is 1. The fourth-order valence-corrected chi connectivity index (χ4v) is 3.71. The second-order valence-electron chi connectivity index (χ2n) is 8.12. The second-order valence-corrected chi connectivity index (χ2v) is 8.12. The zero-order valence-corrected chi connectivity index (χ0v) is 16.3. The Hall–Kier alpha value is -2.68. The molecule has 1 aliphatic heterocycles. The Balaban J connectivity index is 1.98. The number of furan rings is 1. The predicted molar refractivity (Wildman–Crippen MR) is 106 cm³/mol. The maximum absolute atomic E-state index is 6.07. The number of benzene rings is 2. The van der Waals surface area contributed by atoms with Gasteiger partial charge in [-0.1, -0.05) is 45.0 Å². The molecule has 26 heavy (non-hydrogen) atoms. The Bertz CT molecular complexity index is 969. The number of aryl methyl sites for hydroxylation is 3. The first-order chi connectivity index (χ1) is 12.3. The lowest BCUT2D eigenvalue weighted by Gasteiger charge is -2.34. The zero-order valence-electron chi connectivity index (χ0n) is 16.3. The van der Waals surface area contributed by atoms with E-state index in [1.165, 1.54) is 22.4 Å². The number of ether oxygens (including phenoxy) is 1. The third-order valence-corrected chi connectivity index (χ3v) is 5.04. The minimum Gasteiger partial charge on any atom is -0.463 e. The standard InChI is InChI=1S/C23H25NO2/c1-14-11-17(23(4,5)6)12-15(2)21(14)24-18-9-7-8-10-19(18)26-20-13-25-16(3)22(20)24/h7-13H,1-6H3. The molecule has 0 bridgehead atoms. The molecule has 0 saturated heterocycles. The van der Waals surface area contributed by atoms with Crippen LogP contribution in [0.4, 0.5) is 17.1 Å². The van der Waals surface area contributed by atoms with Crippen LogP contribution in [-0.4, -0.2) is 0 Å². The van der Waals surface area contributed by atoms with Crippen LogP contribution in [0.2, 0.25) is 0 Å². The Morgan fingerprint density at radius 1 is 0.846 bits per heavy atom. The molecule has 0 saturated carbocycles. The molecule has 0 atom stereocenters. The summed E-state index contributed by atoms with van der Waals surface area (Å²) >= 11 is 0. The minimum atomic E-state index is 0.119. The Morgan fingerprint density at radius 2 is 1.50 bits per heavy atom. The van der Waals surface area contributed by atoms with E-state index in [1.54, 1.807) is 6.26 Å². The van der Waals surface area contributed by atoms with Crippen molar-refractivity contribution in [2.75, 3.05) is 4.90 Å². The predicted octanol–water partition coefficient (Wildman–Crippen LogP) is 7.08. The van der Waals surface area contributed by atoms with E-state index in [0.29, 0.717) is 0 Å². The van der Waals surface area contributed by atoms with Crippen molar-refractivity contribution in [2.24, 2.45) is 0 Å². The normalized spacial score (nSPS) is 13.2. The van der Waals surface area contributed by atoms with Crippen molar-refractivity contribution < 1.29 is 9.15 Å². The molecule has 3 aromatic rings. The molecule has 0 amide bonds. The second kappa shape index (κ2) is 5.66. The molecule has 3 nitrogen and oxygen atoms in total. The summed E-state index contributed by atoms with van der Waals surface area (Å²) in [5.41, 5.74) is 7.18. The number of hydrogen-bond acceptors (Lipinski definition) is 3. The molecule has 4 rings (SSSR count). The summed E-state index contributed by atoms with van der Waals surface area (Å²) < 4.78 is 11.8. The molecule has 0 N–H and O–H groups in total. The highest BCUT2D eigenvalue weighted by Crippen LogP contribution is 2.53. The molecule has 0 unspecified atom stereocenters. The van der Waals surface area contributed by atoms with Gasteiger partial charge in [-0.05, 0) is 55.0 Å². The topological polar surface area (TPSA) is 25.6 Å². The van der Waals surface area contributed by atoms with Crippen molar-refractivity contribution in [1.29, 1.82) is 0 Å². The van der Waals surface area contributed by atoms with Gasteiger partial charge in [0.2, 0.25) is 0 Å². The van der Waals surface area contributed by atoms with Crippen molar-refractivity contribution in [3.63, 3.8) is 0 Å². The van der Waals surface area contributed by atoms with Crippen LogP contribution in [0.15, 0.2) is 47.1 Å². The van der Waals surface area contributed by atoms with Gasteiger partial charge in [0.05, 0.1) is 11.4 Å². The lowest BCUT2D eigenvalue weighted by Crippen LogP contribution is -2.19. The fraction of sp³-hybridized carbons (Fsp3) is 0.304. The molecule has 1 aliphatic rings. The highest BCUT2D eigenvalue weighted by atomic mass is 16.5. The van der Waals surface area contributed by atoms with E-state index in [-0.39, 0.29) is 5.41 Å². The monoisotopic (exact) mass is 347 g/mol. The van der Waals surface area contributed by atoms with Crippen LogP contribution in [0.1, 0.15) is 43.2 Å². The first-order valence-corrected chi connectivity index (χ1v) is 9.04. The summed E-state index contributed by atoms with van der Waals surface area (Å²) in [7, 11) is 0. The Kier molecular flexibility index (Phi) is 3.65. The molecule has 0 aliphatic carbocycles. The average Bonchev–Trinajstić information content (AvgIpc) is 2.93. The largest absolute Gasteiger partial charge is 0.463 e. The van der Waals surface area contributed by atoms with Gasteiger partial charge in [-0.3, -0.25) is 0 Å². The van der Waals surface area contributed by atoms with Crippen molar-refractivity contribution in [3.8, 4) is 11.5 Å². The average molecular weight is 347 g/mol. The summed E-state index contributed by atoms with van der Waals surface area (Å²) in [4.78, 5) is 2.28. The molecule has 0 radical (unpaired) electrons. The molecular weight excluding hydrogens is 322 g/mol. The molecule has 1 aromatic heterocycles. The van der Waals surface area contributed by atoms with E-state index in [1.807, 2.05) is 25.1 Å². The van der Waals surface area contributed by atoms with Crippen molar-refractivity contribution in [1.82, 2.24) is 0 Å². The Labute approximate surface area is 155 Å². The smallest absolute Gasteiger partial charge is 0.189 e.